The molecule has 7 heteroatoms. The third-order valence-corrected chi connectivity index (χ3v) is 6.88. The molecule has 29 heavy (non-hydrogen) atoms. The highest BCUT2D eigenvalue weighted by atomic mass is 79.9. The Morgan fingerprint density at radius 2 is 1.90 bits per heavy atom. The number of halogens is 1. The van der Waals surface area contributed by atoms with Gasteiger partial charge >= 0.3 is 0 Å². The van der Waals surface area contributed by atoms with Gasteiger partial charge in [0.05, 0.1) is 24.2 Å². The molecule has 1 fully saturated rings. The topological polar surface area (TPSA) is 41.9 Å². The van der Waals surface area contributed by atoms with E-state index in [1.807, 2.05) is 72.1 Å². The summed E-state index contributed by atoms with van der Waals surface area (Å²) in [7, 11) is 1.64. The number of thioether (sulfide) groups is 1. The van der Waals surface area contributed by atoms with Crippen molar-refractivity contribution in [3.05, 3.63) is 85.9 Å². The van der Waals surface area contributed by atoms with Crippen molar-refractivity contribution >= 4 is 61.9 Å². The number of hydrogen-bond acceptors (Lipinski definition) is 5. The molecule has 1 aliphatic heterocycles. The number of hydrogen-bond donors (Lipinski definition) is 0. The SMILES string of the molecule is COc1ccc(CN2C(=O)/C(=C/c3cc(Br)cs3)SC2=Nc2ccccc2)cc1. The van der Waals surface area contributed by atoms with Gasteiger partial charge in [-0.05, 0) is 69.7 Å². The molecule has 2 aromatic carbocycles. The number of rotatable bonds is 5. The first-order valence-electron chi connectivity index (χ1n) is 8.84. The van der Waals surface area contributed by atoms with E-state index in [0.717, 1.165) is 26.4 Å². The van der Waals surface area contributed by atoms with Crippen LogP contribution < -0.4 is 4.74 Å². The second-order valence-electron chi connectivity index (χ2n) is 6.25. The van der Waals surface area contributed by atoms with Crippen molar-refractivity contribution in [2.75, 3.05) is 7.11 Å². The molecule has 0 atom stereocenters. The summed E-state index contributed by atoms with van der Waals surface area (Å²) in [5.74, 6) is 0.753. The fourth-order valence-electron chi connectivity index (χ4n) is 2.79. The molecule has 0 unspecified atom stereocenters. The minimum Gasteiger partial charge on any atom is -0.497 e. The molecule has 0 spiro atoms. The highest BCUT2D eigenvalue weighted by Crippen LogP contribution is 2.36. The summed E-state index contributed by atoms with van der Waals surface area (Å²) in [6, 6.07) is 19.4. The highest BCUT2D eigenvalue weighted by Gasteiger charge is 2.33. The van der Waals surface area contributed by atoms with Crippen LogP contribution in [-0.4, -0.2) is 23.1 Å². The van der Waals surface area contributed by atoms with Gasteiger partial charge in [-0.3, -0.25) is 9.69 Å². The molecule has 4 rings (SSSR count). The fourth-order valence-corrected chi connectivity index (χ4v) is 5.23. The van der Waals surface area contributed by atoms with E-state index in [1.54, 1.807) is 23.3 Å². The van der Waals surface area contributed by atoms with Gasteiger partial charge in [0.2, 0.25) is 0 Å². The summed E-state index contributed by atoms with van der Waals surface area (Å²) in [5.41, 5.74) is 1.84. The number of para-hydroxylation sites is 1. The number of carbonyl (C=O) groups is 1. The van der Waals surface area contributed by atoms with Crippen LogP contribution in [0.3, 0.4) is 0 Å². The van der Waals surface area contributed by atoms with E-state index in [4.69, 9.17) is 9.73 Å². The van der Waals surface area contributed by atoms with Crippen molar-refractivity contribution in [1.82, 2.24) is 4.90 Å². The summed E-state index contributed by atoms with van der Waals surface area (Å²) in [4.78, 5) is 21.3. The van der Waals surface area contributed by atoms with Crippen molar-refractivity contribution in [2.45, 2.75) is 6.54 Å². The lowest BCUT2D eigenvalue weighted by Crippen LogP contribution is -2.28. The first-order chi connectivity index (χ1) is 14.1. The van der Waals surface area contributed by atoms with E-state index in [0.29, 0.717) is 16.6 Å². The number of amidine groups is 1. The lowest BCUT2D eigenvalue weighted by molar-refractivity contribution is -0.122. The van der Waals surface area contributed by atoms with E-state index in [2.05, 4.69) is 15.9 Å². The average Bonchev–Trinajstić information content (AvgIpc) is 3.27. The monoisotopic (exact) mass is 484 g/mol. The normalized spacial score (nSPS) is 16.8. The summed E-state index contributed by atoms with van der Waals surface area (Å²) in [6.45, 7) is 0.451. The number of benzene rings is 2. The van der Waals surface area contributed by atoms with Crippen LogP contribution in [-0.2, 0) is 11.3 Å². The maximum absolute atomic E-state index is 13.2. The average molecular weight is 485 g/mol. The van der Waals surface area contributed by atoms with Crippen molar-refractivity contribution in [3.63, 3.8) is 0 Å². The molecular weight excluding hydrogens is 468 g/mol. The Kier molecular flexibility index (Phi) is 6.18. The van der Waals surface area contributed by atoms with Gasteiger partial charge in [0.1, 0.15) is 5.75 Å². The van der Waals surface area contributed by atoms with Crippen molar-refractivity contribution < 1.29 is 9.53 Å². The minimum atomic E-state index is -0.0370. The van der Waals surface area contributed by atoms with Crippen LogP contribution in [0.25, 0.3) is 6.08 Å². The molecule has 1 amide bonds. The zero-order chi connectivity index (χ0) is 20.2. The first-order valence-corrected chi connectivity index (χ1v) is 11.3. The molecular formula is C22H17BrN2O2S2. The molecule has 1 aromatic heterocycles. The van der Waals surface area contributed by atoms with Gasteiger partial charge in [0.25, 0.3) is 5.91 Å². The molecule has 2 heterocycles. The second kappa shape index (κ2) is 8.98. The second-order valence-corrected chi connectivity index (χ2v) is 9.11. The lowest BCUT2D eigenvalue weighted by Gasteiger charge is -2.16. The number of carbonyl (C=O) groups excluding carboxylic acids is 1. The van der Waals surface area contributed by atoms with E-state index in [1.165, 1.54) is 11.8 Å². The van der Waals surface area contributed by atoms with Gasteiger partial charge in [0.15, 0.2) is 5.17 Å². The Balaban J connectivity index is 1.66. The lowest BCUT2D eigenvalue weighted by atomic mass is 10.2. The molecule has 3 aromatic rings. The third-order valence-electron chi connectivity index (χ3n) is 4.23. The molecule has 0 saturated carbocycles. The smallest absolute Gasteiger partial charge is 0.267 e. The van der Waals surface area contributed by atoms with E-state index in [-0.39, 0.29) is 5.91 Å². The number of nitrogens with zero attached hydrogens (tertiary/aromatic N) is 2. The molecule has 0 N–H and O–H groups in total. The number of aliphatic imine (C=N–C) groups is 1. The van der Waals surface area contributed by atoms with Crippen LogP contribution in [0.15, 0.2) is 80.4 Å². The van der Waals surface area contributed by atoms with Crippen molar-refractivity contribution in [2.24, 2.45) is 4.99 Å². The molecule has 0 aliphatic carbocycles. The van der Waals surface area contributed by atoms with Crippen LogP contribution in [0, 0.1) is 0 Å². The Morgan fingerprint density at radius 1 is 1.14 bits per heavy atom. The maximum Gasteiger partial charge on any atom is 0.267 e. The van der Waals surface area contributed by atoms with Gasteiger partial charge in [-0.15, -0.1) is 11.3 Å². The van der Waals surface area contributed by atoms with Gasteiger partial charge in [-0.1, -0.05) is 30.3 Å². The number of thiophene rings is 1. The van der Waals surface area contributed by atoms with Crippen molar-refractivity contribution in [3.8, 4) is 5.75 Å². The van der Waals surface area contributed by atoms with Gasteiger partial charge < -0.3 is 4.74 Å². The zero-order valence-electron chi connectivity index (χ0n) is 15.5. The Morgan fingerprint density at radius 3 is 2.55 bits per heavy atom. The predicted molar refractivity (Wildman–Crippen MR) is 125 cm³/mol. The number of methoxy groups -OCH3 is 1. The van der Waals surface area contributed by atoms with Crippen LogP contribution in [0.4, 0.5) is 5.69 Å². The van der Waals surface area contributed by atoms with Crippen LogP contribution in [0.1, 0.15) is 10.4 Å². The summed E-state index contributed by atoms with van der Waals surface area (Å²) in [6.07, 6.45) is 1.93. The molecule has 1 saturated heterocycles. The minimum absolute atomic E-state index is 0.0370. The number of ether oxygens (including phenoxy) is 1. The van der Waals surface area contributed by atoms with Gasteiger partial charge in [0, 0.05) is 14.7 Å². The summed E-state index contributed by atoms with van der Waals surface area (Å²) < 4.78 is 6.24. The standard InChI is InChI=1S/C22H17BrN2O2S2/c1-27-18-9-7-15(8-10-18)13-25-21(26)20(12-19-11-16(23)14-28-19)29-22(25)24-17-5-3-2-4-6-17/h2-12,14H,13H2,1H3/b20-12-,24-22?. The third kappa shape index (κ3) is 4.80. The Bertz CT molecular complexity index is 1080. The molecule has 4 nitrogen and oxygen atoms in total. The zero-order valence-corrected chi connectivity index (χ0v) is 18.8. The quantitative estimate of drug-likeness (QED) is 0.397. The van der Waals surface area contributed by atoms with Crippen LogP contribution in [0.2, 0.25) is 0 Å². The van der Waals surface area contributed by atoms with E-state index >= 15 is 0 Å². The first kappa shape index (κ1) is 19.9. The molecule has 1 aliphatic rings. The predicted octanol–water partition coefficient (Wildman–Crippen LogP) is 6.32. The largest absolute Gasteiger partial charge is 0.497 e. The van der Waals surface area contributed by atoms with Gasteiger partial charge in [-0.25, -0.2) is 4.99 Å². The summed E-state index contributed by atoms with van der Waals surface area (Å²) in [5, 5.41) is 2.68. The highest BCUT2D eigenvalue weighted by molar-refractivity contribution is 9.10. The van der Waals surface area contributed by atoms with Gasteiger partial charge in [-0.2, -0.15) is 0 Å². The molecule has 0 bridgehead atoms. The fraction of sp³-hybridized carbons (Fsp3) is 0.0909. The van der Waals surface area contributed by atoms with Crippen molar-refractivity contribution in [1.29, 1.82) is 0 Å². The Hall–Kier alpha value is -2.35. The summed E-state index contributed by atoms with van der Waals surface area (Å²) >= 11 is 6.46. The van der Waals surface area contributed by atoms with Crippen LogP contribution in [0.5, 0.6) is 5.75 Å². The van der Waals surface area contributed by atoms with E-state index in [9.17, 15) is 4.79 Å². The van der Waals surface area contributed by atoms with Crippen LogP contribution >= 0.6 is 39.0 Å². The molecule has 146 valence electrons. The Labute approximate surface area is 186 Å². The molecule has 0 radical (unpaired) electrons. The van der Waals surface area contributed by atoms with E-state index < -0.39 is 0 Å². The maximum atomic E-state index is 13.2. The number of amides is 1.